The van der Waals surface area contributed by atoms with Crippen LogP contribution in [-0.4, -0.2) is 31.0 Å². The second kappa shape index (κ2) is 6.28. The fourth-order valence-corrected chi connectivity index (χ4v) is 1.85. The van der Waals surface area contributed by atoms with Gasteiger partial charge in [0.2, 0.25) is 0 Å². The molecule has 0 spiro atoms. The third kappa shape index (κ3) is 3.41. The number of hydrogen-bond acceptors (Lipinski definition) is 3. The van der Waals surface area contributed by atoms with Gasteiger partial charge in [0.1, 0.15) is 18.1 Å². The normalized spacial score (nSPS) is 10.3. The van der Waals surface area contributed by atoms with Crippen LogP contribution in [0.3, 0.4) is 0 Å². The van der Waals surface area contributed by atoms with Crippen molar-refractivity contribution in [2.45, 2.75) is 13.8 Å². The van der Waals surface area contributed by atoms with Crippen molar-refractivity contribution in [3.63, 3.8) is 0 Å². The van der Waals surface area contributed by atoms with Gasteiger partial charge in [0.05, 0.1) is 18.4 Å². The van der Waals surface area contributed by atoms with Gasteiger partial charge in [-0.1, -0.05) is 17.7 Å². The van der Waals surface area contributed by atoms with Crippen LogP contribution in [0.15, 0.2) is 41.0 Å². The molecular formula is C16H19NO3. The van der Waals surface area contributed by atoms with Gasteiger partial charge in [-0.3, -0.25) is 4.79 Å². The average molecular weight is 273 g/mol. The number of likely N-dealkylation sites (N-methyl/N-ethyl adjacent to an activating group) is 1. The van der Waals surface area contributed by atoms with E-state index in [0.717, 1.165) is 5.75 Å². The first-order valence-electron chi connectivity index (χ1n) is 6.57. The fourth-order valence-electron chi connectivity index (χ4n) is 1.85. The molecule has 2 aromatic rings. The molecule has 0 saturated heterocycles. The third-order valence-electron chi connectivity index (χ3n) is 3.15. The molecule has 4 nitrogen and oxygen atoms in total. The van der Waals surface area contributed by atoms with E-state index in [2.05, 4.69) is 0 Å². The van der Waals surface area contributed by atoms with Crippen molar-refractivity contribution in [2.24, 2.45) is 0 Å². The third-order valence-corrected chi connectivity index (χ3v) is 3.15. The topological polar surface area (TPSA) is 42.7 Å². The van der Waals surface area contributed by atoms with Crippen LogP contribution in [0.2, 0.25) is 0 Å². The van der Waals surface area contributed by atoms with E-state index in [0.29, 0.717) is 24.5 Å². The van der Waals surface area contributed by atoms with E-state index in [-0.39, 0.29) is 5.91 Å². The molecule has 0 bridgehead atoms. The lowest BCUT2D eigenvalue weighted by Gasteiger charge is -2.17. The van der Waals surface area contributed by atoms with Gasteiger partial charge in [-0.2, -0.15) is 0 Å². The van der Waals surface area contributed by atoms with Crippen molar-refractivity contribution in [3.8, 4) is 5.75 Å². The Balaban J connectivity index is 1.83. The lowest BCUT2D eigenvalue weighted by Crippen LogP contribution is -2.31. The molecule has 0 radical (unpaired) electrons. The molecule has 4 heteroatoms. The Bertz CT molecular complexity index is 572. The van der Waals surface area contributed by atoms with Crippen molar-refractivity contribution in [1.82, 2.24) is 4.90 Å². The van der Waals surface area contributed by atoms with E-state index in [1.807, 2.05) is 31.2 Å². The number of benzene rings is 1. The molecule has 0 atom stereocenters. The summed E-state index contributed by atoms with van der Waals surface area (Å²) in [5.41, 5.74) is 1.79. The fraction of sp³-hybridized carbons (Fsp3) is 0.312. The van der Waals surface area contributed by atoms with Crippen LogP contribution in [0.4, 0.5) is 0 Å². The number of amides is 1. The Morgan fingerprint density at radius 2 is 1.90 bits per heavy atom. The van der Waals surface area contributed by atoms with E-state index < -0.39 is 0 Å². The number of aryl methyl sites for hydroxylation is 2. The maximum Gasteiger partial charge on any atom is 0.257 e. The van der Waals surface area contributed by atoms with E-state index in [1.165, 1.54) is 11.8 Å². The second-order valence-electron chi connectivity index (χ2n) is 4.78. The lowest BCUT2D eigenvalue weighted by molar-refractivity contribution is 0.0772. The summed E-state index contributed by atoms with van der Waals surface area (Å²) in [4.78, 5) is 13.8. The average Bonchev–Trinajstić information content (AvgIpc) is 2.86. The second-order valence-corrected chi connectivity index (χ2v) is 4.78. The molecular weight excluding hydrogens is 254 g/mol. The largest absolute Gasteiger partial charge is 0.492 e. The molecule has 0 saturated carbocycles. The Kier molecular flexibility index (Phi) is 4.45. The molecule has 1 heterocycles. The first-order valence-corrected chi connectivity index (χ1v) is 6.57. The zero-order valence-electron chi connectivity index (χ0n) is 12.1. The smallest absolute Gasteiger partial charge is 0.257 e. The van der Waals surface area contributed by atoms with Crippen molar-refractivity contribution < 1.29 is 13.9 Å². The van der Waals surface area contributed by atoms with Crippen LogP contribution in [0, 0.1) is 13.8 Å². The first kappa shape index (κ1) is 14.2. The number of hydrogen-bond donors (Lipinski definition) is 0. The molecule has 1 aromatic heterocycles. The number of carbonyl (C=O) groups excluding carboxylic acids is 1. The predicted molar refractivity (Wildman–Crippen MR) is 77.1 cm³/mol. The summed E-state index contributed by atoms with van der Waals surface area (Å²) < 4.78 is 10.8. The molecule has 20 heavy (non-hydrogen) atoms. The van der Waals surface area contributed by atoms with Gasteiger partial charge in [-0.15, -0.1) is 0 Å². The van der Waals surface area contributed by atoms with E-state index >= 15 is 0 Å². The highest BCUT2D eigenvalue weighted by Crippen LogP contribution is 2.13. The summed E-state index contributed by atoms with van der Waals surface area (Å²) >= 11 is 0. The standard InChI is InChI=1S/C16H19NO3/c1-12-4-6-14(7-5-12)20-11-9-17(3)16(18)15-8-10-19-13(15)2/h4-8,10H,9,11H2,1-3H3. The van der Waals surface area contributed by atoms with Gasteiger partial charge in [0.15, 0.2) is 0 Å². The van der Waals surface area contributed by atoms with Crippen molar-refractivity contribution in [2.75, 3.05) is 20.2 Å². The highest BCUT2D eigenvalue weighted by molar-refractivity contribution is 5.94. The molecule has 0 fully saturated rings. The minimum Gasteiger partial charge on any atom is -0.492 e. The van der Waals surface area contributed by atoms with E-state index in [4.69, 9.17) is 9.15 Å². The zero-order chi connectivity index (χ0) is 14.5. The van der Waals surface area contributed by atoms with Crippen LogP contribution < -0.4 is 4.74 Å². The SMILES string of the molecule is Cc1ccc(OCCN(C)C(=O)c2ccoc2C)cc1. The summed E-state index contributed by atoms with van der Waals surface area (Å²) in [6.45, 7) is 4.80. The van der Waals surface area contributed by atoms with Crippen molar-refractivity contribution in [1.29, 1.82) is 0 Å². The van der Waals surface area contributed by atoms with Crippen LogP contribution >= 0.6 is 0 Å². The summed E-state index contributed by atoms with van der Waals surface area (Å²) in [7, 11) is 1.76. The van der Waals surface area contributed by atoms with Gasteiger partial charge >= 0.3 is 0 Å². The minimum atomic E-state index is -0.0521. The van der Waals surface area contributed by atoms with Crippen LogP contribution in [-0.2, 0) is 0 Å². The van der Waals surface area contributed by atoms with Crippen LogP contribution in [0.1, 0.15) is 21.7 Å². The monoisotopic (exact) mass is 273 g/mol. The van der Waals surface area contributed by atoms with Crippen molar-refractivity contribution >= 4 is 5.91 Å². The molecule has 2 rings (SSSR count). The van der Waals surface area contributed by atoms with Crippen molar-refractivity contribution in [3.05, 3.63) is 53.5 Å². The summed E-state index contributed by atoms with van der Waals surface area (Å²) in [6.07, 6.45) is 1.53. The molecule has 0 aliphatic rings. The van der Waals surface area contributed by atoms with E-state index in [9.17, 15) is 4.79 Å². The van der Waals surface area contributed by atoms with Gasteiger partial charge in [0.25, 0.3) is 5.91 Å². The van der Waals surface area contributed by atoms with Crippen LogP contribution in [0.5, 0.6) is 5.75 Å². The molecule has 1 aromatic carbocycles. The van der Waals surface area contributed by atoms with Gasteiger partial charge in [-0.05, 0) is 32.0 Å². The minimum absolute atomic E-state index is 0.0521. The highest BCUT2D eigenvalue weighted by atomic mass is 16.5. The predicted octanol–water partition coefficient (Wildman–Crippen LogP) is 3.05. The lowest BCUT2D eigenvalue weighted by atomic mass is 10.2. The molecule has 0 aliphatic heterocycles. The van der Waals surface area contributed by atoms with Gasteiger partial charge in [-0.25, -0.2) is 0 Å². The summed E-state index contributed by atoms with van der Waals surface area (Å²) in [5, 5.41) is 0. The number of rotatable bonds is 5. The number of ether oxygens (including phenoxy) is 1. The Labute approximate surface area is 119 Å². The maximum absolute atomic E-state index is 12.1. The van der Waals surface area contributed by atoms with Crippen LogP contribution in [0.25, 0.3) is 0 Å². The zero-order valence-corrected chi connectivity index (χ0v) is 12.1. The maximum atomic E-state index is 12.1. The summed E-state index contributed by atoms with van der Waals surface area (Å²) in [6, 6.07) is 9.54. The quantitative estimate of drug-likeness (QED) is 0.841. The number of furan rings is 1. The summed E-state index contributed by atoms with van der Waals surface area (Å²) in [5.74, 6) is 1.40. The molecule has 0 N–H and O–H groups in total. The molecule has 1 amide bonds. The van der Waals surface area contributed by atoms with Gasteiger partial charge in [0, 0.05) is 7.05 Å². The molecule has 0 unspecified atom stereocenters. The Morgan fingerprint density at radius 3 is 2.50 bits per heavy atom. The number of carbonyl (C=O) groups is 1. The van der Waals surface area contributed by atoms with E-state index in [1.54, 1.807) is 24.9 Å². The Morgan fingerprint density at radius 1 is 1.20 bits per heavy atom. The Hall–Kier alpha value is -2.23. The number of nitrogens with zero attached hydrogens (tertiary/aromatic N) is 1. The highest BCUT2D eigenvalue weighted by Gasteiger charge is 2.15. The molecule has 106 valence electrons. The first-order chi connectivity index (χ1) is 9.58. The van der Waals surface area contributed by atoms with Gasteiger partial charge < -0.3 is 14.1 Å². The molecule has 0 aliphatic carbocycles.